The van der Waals surface area contributed by atoms with E-state index in [1.54, 1.807) is 48.5 Å². The van der Waals surface area contributed by atoms with Crippen molar-refractivity contribution in [1.29, 1.82) is 0 Å². The summed E-state index contributed by atoms with van der Waals surface area (Å²) in [5.41, 5.74) is -1.20. The monoisotopic (exact) mass is 449 g/mol. The minimum atomic E-state index is -4.80. The molecule has 0 saturated heterocycles. The number of benzene rings is 2. The van der Waals surface area contributed by atoms with Crippen LogP contribution in [0.2, 0.25) is 5.02 Å². The fourth-order valence-corrected chi connectivity index (χ4v) is 4.10. The van der Waals surface area contributed by atoms with E-state index in [0.29, 0.717) is 44.9 Å². The van der Waals surface area contributed by atoms with E-state index in [2.05, 4.69) is 15.0 Å². The van der Waals surface area contributed by atoms with Gasteiger partial charge < -0.3 is 9.97 Å². The molecule has 0 fully saturated rings. The zero-order valence-corrected chi connectivity index (χ0v) is 16.5. The van der Waals surface area contributed by atoms with Crippen LogP contribution in [0.25, 0.3) is 22.0 Å². The zero-order valence-electron chi connectivity index (χ0n) is 14.9. The summed E-state index contributed by atoms with van der Waals surface area (Å²) in [5.74, 6) is 0. The number of halogens is 4. The molecule has 0 saturated carbocycles. The lowest BCUT2D eigenvalue weighted by atomic mass is 10.0. The van der Waals surface area contributed by atoms with Gasteiger partial charge in [-0.25, -0.2) is 4.98 Å². The first kappa shape index (κ1) is 20.2. The molecule has 5 nitrogen and oxygen atoms in total. The molecule has 152 valence electrons. The summed E-state index contributed by atoms with van der Waals surface area (Å²) >= 11 is 6.79. The van der Waals surface area contributed by atoms with E-state index < -0.39 is 23.0 Å². The van der Waals surface area contributed by atoms with Crippen molar-refractivity contribution in [3.8, 4) is 11.1 Å². The summed E-state index contributed by atoms with van der Waals surface area (Å²) in [6.45, 7) is 0. The van der Waals surface area contributed by atoms with E-state index in [-0.39, 0.29) is 10.1 Å². The Morgan fingerprint density at radius 2 is 1.70 bits per heavy atom. The molecule has 2 N–H and O–H groups in total. The third-order valence-electron chi connectivity index (χ3n) is 4.20. The third kappa shape index (κ3) is 3.99. The van der Waals surface area contributed by atoms with E-state index in [4.69, 9.17) is 11.6 Å². The average Bonchev–Trinajstić information content (AvgIpc) is 2.68. The number of hydrogen-bond acceptors (Lipinski definition) is 4. The van der Waals surface area contributed by atoms with Gasteiger partial charge in [-0.2, -0.15) is 13.2 Å². The molecular weight excluding hydrogens is 439 g/mol. The normalized spacial score (nSPS) is 11.7. The van der Waals surface area contributed by atoms with Gasteiger partial charge in [0, 0.05) is 27.6 Å². The largest absolute Gasteiger partial charge is 0.433 e. The van der Waals surface area contributed by atoms with Crippen LogP contribution in [0.15, 0.2) is 74.2 Å². The van der Waals surface area contributed by atoms with Gasteiger partial charge in [0.1, 0.15) is 0 Å². The standard InChI is InChI=1S/C20H11ClF3N3O2S/c21-11-6-7-13-12(8-11)16(10-4-2-1-3-5-10)17(18(29)25-13)30-19-26-14(20(22,23)24)9-15(28)27-19/h1-9H,(H,25,29)(H,26,27,28). The number of H-pyrrole nitrogens is 2. The lowest BCUT2D eigenvalue weighted by molar-refractivity contribution is -0.141. The van der Waals surface area contributed by atoms with Gasteiger partial charge in [-0.1, -0.05) is 41.9 Å². The quantitative estimate of drug-likeness (QED) is 0.426. The lowest BCUT2D eigenvalue weighted by Gasteiger charge is -2.13. The molecule has 4 rings (SSSR count). The molecule has 0 bridgehead atoms. The molecule has 10 heteroatoms. The average molecular weight is 450 g/mol. The molecule has 0 unspecified atom stereocenters. The Bertz CT molecular complexity index is 1370. The van der Waals surface area contributed by atoms with Crippen molar-refractivity contribution in [3.05, 3.63) is 86.0 Å². The Morgan fingerprint density at radius 1 is 0.967 bits per heavy atom. The van der Waals surface area contributed by atoms with E-state index in [0.717, 1.165) is 0 Å². The highest BCUT2D eigenvalue weighted by Crippen LogP contribution is 2.38. The maximum Gasteiger partial charge on any atom is 0.433 e. The highest BCUT2D eigenvalue weighted by Gasteiger charge is 2.33. The summed E-state index contributed by atoms with van der Waals surface area (Å²) in [6.07, 6.45) is -4.80. The Kier molecular flexibility index (Phi) is 5.17. The Hall–Kier alpha value is -3.04. The van der Waals surface area contributed by atoms with Gasteiger partial charge in [0.15, 0.2) is 10.9 Å². The number of rotatable bonds is 3. The number of fused-ring (bicyclic) bond motifs is 1. The molecule has 0 atom stereocenters. The number of alkyl halides is 3. The maximum absolute atomic E-state index is 13.1. The van der Waals surface area contributed by atoms with Gasteiger partial charge in [0.05, 0.1) is 4.90 Å². The van der Waals surface area contributed by atoms with Crippen LogP contribution < -0.4 is 11.1 Å². The molecule has 0 amide bonds. The fraction of sp³-hybridized carbons (Fsp3) is 0.0500. The van der Waals surface area contributed by atoms with Gasteiger partial charge in [-0.15, -0.1) is 0 Å². The van der Waals surface area contributed by atoms with Gasteiger partial charge in [0.25, 0.3) is 11.1 Å². The van der Waals surface area contributed by atoms with Gasteiger partial charge in [0.2, 0.25) is 0 Å². The van der Waals surface area contributed by atoms with Crippen LogP contribution in [0, 0.1) is 0 Å². The van der Waals surface area contributed by atoms with Crippen LogP contribution in [0.1, 0.15) is 5.69 Å². The van der Waals surface area contributed by atoms with Crippen LogP contribution in [0.3, 0.4) is 0 Å². The summed E-state index contributed by atoms with van der Waals surface area (Å²) in [5, 5.41) is 0.678. The van der Waals surface area contributed by atoms with Crippen LogP contribution in [-0.4, -0.2) is 15.0 Å². The van der Waals surface area contributed by atoms with Crippen molar-refractivity contribution in [2.75, 3.05) is 0 Å². The third-order valence-corrected chi connectivity index (χ3v) is 5.42. The summed E-state index contributed by atoms with van der Waals surface area (Å²) in [6, 6.07) is 14.1. The first-order chi connectivity index (χ1) is 14.2. The first-order valence-corrected chi connectivity index (χ1v) is 9.69. The van der Waals surface area contributed by atoms with Crippen molar-refractivity contribution < 1.29 is 13.2 Å². The van der Waals surface area contributed by atoms with Crippen molar-refractivity contribution in [2.24, 2.45) is 0 Å². The lowest BCUT2D eigenvalue weighted by Crippen LogP contribution is -2.17. The molecule has 4 aromatic rings. The van der Waals surface area contributed by atoms with Crippen LogP contribution in [0.4, 0.5) is 13.2 Å². The zero-order chi connectivity index (χ0) is 21.5. The highest BCUT2D eigenvalue weighted by molar-refractivity contribution is 7.99. The van der Waals surface area contributed by atoms with Crippen molar-refractivity contribution >= 4 is 34.3 Å². The minimum Gasteiger partial charge on any atom is -0.321 e. The summed E-state index contributed by atoms with van der Waals surface area (Å²) < 4.78 is 39.2. The maximum atomic E-state index is 13.1. The van der Waals surface area contributed by atoms with E-state index in [1.165, 1.54) is 0 Å². The molecule has 0 aliphatic rings. The van der Waals surface area contributed by atoms with Crippen molar-refractivity contribution in [2.45, 2.75) is 16.2 Å². The number of nitrogens with one attached hydrogen (secondary N) is 2. The molecular formula is C20H11ClF3N3O2S. The molecule has 0 aliphatic carbocycles. The molecule has 30 heavy (non-hydrogen) atoms. The predicted molar refractivity (Wildman–Crippen MR) is 109 cm³/mol. The number of nitrogens with zero attached hydrogens (tertiary/aromatic N) is 1. The minimum absolute atomic E-state index is 0.0819. The van der Waals surface area contributed by atoms with Crippen LogP contribution in [0.5, 0.6) is 0 Å². The topological polar surface area (TPSA) is 78.6 Å². The van der Waals surface area contributed by atoms with Crippen LogP contribution in [-0.2, 0) is 6.18 Å². The second-order valence-electron chi connectivity index (χ2n) is 6.25. The van der Waals surface area contributed by atoms with E-state index in [9.17, 15) is 22.8 Å². The van der Waals surface area contributed by atoms with E-state index >= 15 is 0 Å². The molecule has 0 spiro atoms. The van der Waals surface area contributed by atoms with Gasteiger partial charge in [-0.3, -0.25) is 9.59 Å². The van der Waals surface area contributed by atoms with E-state index in [1.807, 2.05) is 0 Å². The number of pyridine rings is 1. The number of hydrogen-bond donors (Lipinski definition) is 2. The molecule has 0 aliphatic heterocycles. The van der Waals surface area contributed by atoms with Crippen molar-refractivity contribution in [3.63, 3.8) is 0 Å². The summed E-state index contributed by atoms with van der Waals surface area (Å²) in [7, 11) is 0. The van der Waals surface area contributed by atoms with Crippen molar-refractivity contribution in [1.82, 2.24) is 15.0 Å². The molecule has 2 aromatic carbocycles. The Balaban J connectivity index is 1.98. The molecule has 2 heterocycles. The SMILES string of the molecule is O=c1cc(C(F)(F)F)nc(Sc2c(-c3ccccc3)c3cc(Cl)ccc3[nH]c2=O)[nH]1. The van der Waals surface area contributed by atoms with Gasteiger partial charge >= 0.3 is 6.18 Å². The second kappa shape index (κ2) is 7.66. The fourth-order valence-electron chi connectivity index (χ4n) is 2.96. The first-order valence-electron chi connectivity index (χ1n) is 8.50. The summed E-state index contributed by atoms with van der Waals surface area (Å²) in [4.78, 5) is 33.1. The second-order valence-corrected chi connectivity index (χ2v) is 7.69. The van der Waals surface area contributed by atoms with Gasteiger partial charge in [-0.05, 0) is 35.5 Å². The Labute approximate surface area is 175 Å². The Morgan fingerprint density at radius 3 is 2.40 bits per heavy atom. The van der Waals surface area contributed by atoms with Crippen LogP contribution >= 0.6 is 23.4 Å². The molecule has 2 aromatic heterocycles. The smallest absolute Gasteiger partial charge is 0.321 e. The number of aromatic amines is 2. The highest BCUT2D eigenvalue weighted by atomic mass is 35.5. The predicted octanol–water partition coefficient (Wildman–Crippen LogP) is 5.10. The molecule has 0 radical (unpaired) electrons. The number of aromatic nitrogens is 3.